The molecule has 0 radical (unpaired) electrons. The zero-order valence-electron chi connectivity index (χ0n) is 27.5. The fourth-order valence-electron chi connectivity index (χ4n) is 4.80. The normalized spacial score (nSPS) is 15.0. The first-order valence-electron chi connectivity index (χ1n) is 16.9. The minimum atomic E-state index is -4.54. The van der Waals surface area contributed by atoms with Crippen molar-refractivity contribution in [2.75, 3.05) is 40.9 Å². The van der Waals surface area contributed by atoms with Gasteiger partial charge in [-0.25, -0.2) is 0 Å². The molecule has 2 N–H and O–H groups in total. The standard InChI is InChI=1S/C32H67N2O6P/c1-6-8-10-12-14-16-18-20-22-24-26-32(36)33-30(29-40-41(37,38)39-28-27-34(3,4)5)31(35)25-23-21-19-17-15-13-11-9-7-2/h30-31,35H,6-29H2,1-5H3,(H-,33,36,37,38). The van der Waals surface area contributed by atoms with E-state index in [1.54, 1.807) is 0 Å². The van der Waals surface area contributed by atoms with Gasteiger partial charge < -0.3 is 28.8 Å². The third-order valence-corrected chi connectivity index (χ3v) is 8.56. The number of aliphatic hydroxyl groups is 1. The number of phosphoric ester groups is 1. The number of hydrogen-bond acceptors (Lipinski definition) is 6. The predicted molar refractivity (Wildman–Crippen MR) is 169 cm³/mol. The molecule has 3 unspecified atom stereocenters. The van der Waals surface area contributed by atoms with Gasteiger partial charge >= 0.3 is 0 Å². The van der Waals surface area contributed by atoms with Crippen molar-refractivity contribution in [2.24, 2.45) is 0 Å². The number of likely N-dealkylation sites (N-methyl/N-ethyl adjacent to an activating group) is 1. The molecule has 0 aliphatic heterocycles. The van der Waals surface area contributed by atoms with Gasteiger partial charge in [-0.3, -0.25) is 9.36 Å². The van der Waals surface area contributed by atoms with Crippen molar-refractivity contribution in [3.05, 3.63) is 0 Å². The van der Waals surface area contributed by atoms with Crippen molar-refractivity contribution < 1.29 is 32.9 Å². The Kier molecular flexibility index (Phi) is 25.6. The fraction of sp³-hybridized carbons (Fsp3) is 0.969. The van der Waals surface area contributed by atoms with Gasteiger partial charge in [0.25, 0.3) is 7.82 Å². The molecule has 3 atom stereocenters. The third kappa shape index (κ3) is 28.1. The number of rotatable bonds is 30. The number of hydrogen-bond donors (Lipinski definition) is 2. The number of carbonyl (C=O) groups excluding carboxylic acids is 1. The summed E-state index contributed by atoms with van der Waals surface area (Å²) in [5.41, 5.74) is 0. The molecule has 0 fully saturated rings. The maximum absolute atomic E-state index is 12.7. The highest BCUT2D eigenvalue weighted by atomic mass is 31.2. The molecule has 0 heterocycles. The smallest absolute Gasteiger partial charge is 0.268 e. The van der Waals surface area contributed by atoms with Crippen LogP contribution in [0, 0.1) is 0 Å². The molecule has 0 bridgehead atoms. The van der Waals surface area contributed by atoms with Gasteiger partial charge in [0.2, 0.25) is 5.91 Å². The molecule has 0 aromatic rings. The Balaban J connectivity index is 4.54. The Morgan fingerprint density at radius 2 is 1.20 bits per heavy atom. The van der Waals surface area contributed by atoms with E-state index in [2.05, 4.69) is 19.2 Å². The molecular weight excluding hydrogens is 539 g/mol. The number of nitrogens with one attached hydrogen (secondary N) is 1. The van der Waals surface area contributed by atoms with Gasteiger partial charge in [-0.1, -0.05) is 129 Å². The van der Waals surface area contributed by atoms with Crippen LogP contribution in [0.2, 0.25) is 0 Å². The van der Waals surface area contributed by atoms with Crippen LogP contribution in [0.3, 0.4) is 0 Å². The molecular formula is C32H67N2O6P. The highest BCUT2D eigenvalue weighted by Gasteiger charge is 2.24. The Bertz CT molecular complexity index is 659. The van der Waals surface area contributed by atoms with Crippen molar-refractivity contribution >= 4 is 13.7 Å². The monoisotopic (exact) mass is 606 g/mol. The lowest BCUT2D eigenvalue weighted by Crippen LogP contribution is -2.46. The molecule has 1 amide bonds. The van der Waals surface area contributed by atoms with Gasteiger partial charge in [0.15, 0.2) is 0 Å². The van der Waals surface area contributed by atoms with Gasteiger partial charge in [-0.05, 0) is 12.8 Å². The Morgan fingerprint density at radius 1 is 0.756 bits per heavy atom. The average Bonchev–Trinajstić information content (AvgIpc) is 2.90. The van der Waals surface area contributed by atoms with Gasteiger partial charge in [-0.15, -0.1) is 0 Å². The Morgan fingerprint density at radius 3 is 1.66 bits per heavy atom. The summed E-state index contributed by atoms with van der Waals surface area (Å²) in [5.74, 6) is -0.170. The summed E-state index contributed by atoms with van der Waals surface area (Å²) in [6, 6.07) is -0.788. The zero-order chi connectivity index (χ0) is 30.8. The van der Waals surface area contributed by atoms with Crippen molar-refractivity contribution in [1.29, 1.82) is 0 Å². The van der Waals surface area contributed by atoms with E-state index in [1.807, 2.05) is 21.1 Å². The molecule has 0 aromatic carbocycles. The number of aliphatic hydroxyl groups excluding tert-OH is 1. The molecule has 8 nitrogen and oxygen atoms in total. The molecule has 0 aromatic heterocycles. The molecule has 9 heteroatoms. The van der Waals surface area contributed by atoms with Crippen LogP contribution in [0.1, 0.15) is 149 Å². The molecule has 0 rings (SSSR count). The second-order valence-electron chi connectivity index (χ2n) is 12.9. The van der Waals surface area contributed by atoms with Gasteiger partial charge in [0.05, 0.1) is 39.9 Å². The molecule has 246 valence electrons. The minimum Gasteiger partial charge on any atom is -0.756 e. The van der Waals surface area contributed by atoms with E-state index in [4.69, 9.17) is 9.05 Å². The molecule has 0 saturated carbocycles. The molecule has 0 spiro atoms. The summed E-state index contributed by atoms with van der Waals surface area (Å²) < 4.78 is 23.0. The van der Waals surface area contributed by atoms with Gasteiger partial charge in [-0.2, -0.15) is 0 Å². The number of amides is 1. The number of quaternary nitrogens is 1. The number of unbranched alkanes of at least 4 members (excludes halogenated alkanes) is 17. The largest absolute Gasteiger partial charge is 0.756 e. The lowest BCUT2D eigenvalue weighted by atomic mass is 10.0. The average molecular weight is 607 g/mol. The van der Waals surface area contributed by atoms with E-state index < -0.39 is 20.0 Å². The topological polar surface area (TPSA) is 108 Å². The summed E-state index contributed by atoms with van der Waals surface area (Å²) in [6.45, 7) is 4.65. The van der Waals surface area contributed by atoms with Crippen LogP contribution < -0.4 is 10.2 Å². The van der Waals surface area contributed by atoms with Gasteiger partial charge in [0.1, 0.15) is 13.2 Å². The van der Waals surface area contributed by atoms with Crippen molar-refractivity contribution in [3.8, 4) is 0 Å². The number of phosphoric acid groups is 1. The van der Waals surface area contributed by atoms with Crippen molar-refractivity contribution in [1.82, 2.24) is 5.32 Å². The molecule has 0 saturated heterocycles. The van der Waals surface area contributed by atoms with Crippen molar-refractivity contribution in [2.45, 2.75) is 161 Å². The number of carbonyl (C=O) groups is 1. The Labute approximate surface area is 253 Å². The van der Waals surface area contributed by atoms with Crippen LogP contribution in [-0.4, -0.2) is 68.5 Å². The SMILES string of the molecule is CCCCCCCCCCCCC(=O)NC(COP(=O)([O-])OCC[N+](C)(C)C)C(O)CCCCCCCCCCC. The Hall–Kier alpha value is -0.500. The fourth-order valence-corrected chi connectivity index (χ4v) is 5.52. The maximum atomic E-state index is 12.7. The first-order chi connectivity index (χ1) is 19.5. The van der Waals surface area contributed by atoms with Crippen LogP contribution in [0.25, 0.3) is 0 Å². The summed E-state index contributed by atoms with van der Waals surface area (Å²) >= 11 is 0. The zero-order valence-corrected chi connectivity index (χ0v) is 28.4. The van der Waals surface area contributed by atoms with Crippen LogP contribution >= 0.6 is 7.82 Å². The number of nitrogens with zero attached hydrogens (tertiary/aromatic N) is 1. The second-order valence-corrected chi connectivity index (χ2v) is 14.3. The maximum Gasteiger partial charge on any atom is 0.268 e. The van der Waals surface area contributed by atoms with Crippen LogP contribution in [0.15, 0.2) is 0 Å². The van der Waals surface area contributed by atoms with E-state index in [0.717, 1.165) is 38.5 Å². The van der Waals surface area contributed by atoms with Gasteiger partial charge in [0, 0.05) is 6.42 Å². The van der Waals surface area contributed by atoms with Crippen LogP contribution in [-0.2, 0) is 18.4 Å². The highest BCUT2D eigenvalue weighted by Crippen LogP contribution is 2.38. The van der Waals surface area contributed by atoms with Crippen molar-refractivity contribution in [3.63, 3.8) is 0 Å². The summed E-state index contributed by atoms with van der Waals surface area (Å²) in [7, 11) is 1.31. The summed E-state index contributed by atoms with van der Waals surface area (Å²) in [6.07, 6.45) is 22.5. The summed E-state index contributed by atoms with van der Waals surface area (Å²) in [4.78, 5) is 25.0. The predicted octanol–water partition coefficient (Wildman–Crippen LogP) is 7.27. The minimum absolute atomic E-state index is 0.0149. The van der Waals surface area contributed by atoms with E-state index in [1.165, 1.54) is 83.5 Å². The first-order valence-corrected chi connectivity index (χ1v) is 18.3. The van der Waals surface area contributed by atoms with E-state index in [-0.39, 0.29) is 19.1 Å². The molecule has 0 aliphatic carbocycles. The van der Waals surface area contributed by atoms with Crippen LogP contribution in [0.4, 0.5) is 0 Å². The lowest BCUT2D eigenvalue weighted by Gasteiger charge is -2.30. The molecule has 0 aliphatic rings. The second kappa shape index (κ2) is 25.9. The quantitative estimate of drug-likeness (QED) is 0.0506. The van der Waals surface area contributed by atoms with E-state index in [9.17, 15) is 19.4 Å². The molecule has 41 heavy (non-hydrogen) atoms. The van der Waals surface area contributed by atoms with Crippen LogP contribution in [0.5, 0.6) is 0 Å². The van der Waals surface area contributed by atoms with E-state index in [0.29, 0.717) is 23.9 Å². The third-order valence-electron chi connectivity index (χ3n) is 7.60. The lowest BCUT2D eigenvalue weighted by molar-refractivity contribution is -0.870. The van der Waals surface area contributed by atoms with E-state index >= 15 is 0 Å². The first kappa shape index (κ1) is 40.5. The highest BCUT2D eigenvalue weighted by molar-refractivity contribution is 7.45. The summed E-state index contributed by atoms with van der Waals surface area (Å²) in [5, 5.41) is 13.7.